The van der Waals surface area contributed by atoms with E-state index < -0.39 is 0 Å². The average Bonchev–Trinajstić information content (AvgIpc) is 2.75. The molecule has 1 atom stereocenters. The molecule has 1 aromatic rings. The number of nitrogens with two attached hydrogens (primary N) is 1. The van der Waals surface area contributed by atoms with Gasteiger partial charge in [-0.1, -0.05) is 13.8 Å². The van der Waals surface area contributed by atoms with Crippen LogP contribution in [-0.2, 0) is 0 Å². The summed E-state index contributed by atoms with van der Waals surface area (Å²) >= 11 is 0. The molecule has 0 spiro atoms. The number of ether oxygens (including phenoxy) is 2. The fourth-order valence-corrected chi connectivity index (χ4v) is 2.39. The third kappa shape index (κ3) is 2.20. The topological polar surface area (TPSA) is 73.6 Å². The van der Waals surface area contributed by atoms with Crippen LogP contribution in [-0.4, -0.2) is 19.2 Å². The Morgan fingerprint density at radius 3 is 2.68 bits per heavy atom. The maximum atomic E-state index is 12.1. The number of carbonyl (C=O) groups is 1. The van der Waals surface area contributed by atoms with Gasteiger partial charge >= 0.3 is 0 Å². The van der Waals surface area contributed by atoms with Gasteiger partial charge in [-0.3, -0.25) is 4.79 Å². The van der Waals surface area contributed by atoms with Crippen LogP contribution < -0.4 is 20.5 Å². The van der Waals surface area contributed by atoms with E-state index in [0.29, 0.717) is 40.6 Å². The molecule has 1 aliphatic carbocycles. The molecular weight excluding hydrogens is 244 g/mol. The standard InChI is InChI=1S/C14H18N2O3/c1-14(2)5-8(14)6-16-13(17)9-3-11-12(4-10(9)15)19-7-18-11/h3-4,8H,5-7,15H2,1-2H3,(H,16,17). The van der Waals surface area contributed by atoms with E-state index in [1.807, 2.05) is 0 Å². The second-order valence-electron chi connectivity index (χ2n) is 5.89. The lowest BCUT2D eigenvalue weighted by molar-refractivity contribution is 0.0951. The van der Waals surface area contributed by atoms with Crippen LogP contribution in [0.2, 0.25) is 0 Å². The van der Waals surface area contributed by atoms with Crippen LogP contribution in [0.5, 0.6) is 11.5 Å². The average molecular weight is 262 g/mol. The van der Waals surface area contributed by atoms with Gasteiger partial charge in [0.25, 0.3) is 5.91 Å². The van der Waals surface area contributed by atoms with Crippen LogP contribution in [0.25, 0.3) is 0 Å². The summed E-state index contributed by atoms with van der Waals surface area (Å²) in [6.45, 7) is 5.29. The lowest BCUT2D eigenvalue weighted by Gasteiger charge is -2.09. The molecule has 3 rings (SSSR count). The number of amides is 1. The second-order valence-corrected chi connectivity index (χ2v) is 5.89. The summed E-state index contributed by atoms with van der Waals surface area (Å²) in [5.74, 6) is 1.58. The number of fused-ring (bicyclic) bond motifs is 1. The highest BCUT2D eigenvalue weighted by atomic mass is 16.7. The lowest BCUT2D eigenvalue weighted by atomic mass is 10.1. The first-order valence-electron chi connectivity index (χ1n) is 6.45. The number of nitrogen functional groups attached to an aromatic ring is 1. The van der Waals surface area contributed by atoms with E-state index in [1.54, 1.807) is 12.1 Å². The summed E-state index contributed by atoms with van der Waals surface area (Å²) in [4.78, 5) is 12.1. The summed E-state index contributed by atoms with van der Waals surface area (Å²) in [5.41, 5.74) is 7.09. The Morgan fingerprint density at radius 2 is 2.05 bits per heavy atom. The number of nitrogens with one attached hydrogen (secondary N) is 1. The Morgan fingerprint density at radius 1 is 1.42 bits per heavy atom. The van der Waals surface area contributed by atoms with Crippen molar-refractivity contribution in [3.63, 3.8) is 0 Å². The van der Waals surface area contributed by atoms with E-state index in [2.05, 4.69) is 19.2 Å². The Bertz CT molecular complexity index is 540. The van der Waals surface area contributed by atoms with Crippen LogP contribution in [0.3, 0.4) is 0 Å². The van der Waals surface area contributed by atoms with Gasteiger partial charge < -0.3 is 20.5 Å². The molecule has 5 heteroatoms. The second kappa shape index (κ2) is 4.05. The number of benzene rings is 1. The molecule has 2 aliphatic rings. The number of anilines is 1. The number of rotatable bonds is 3. The van der Waals surface area contributed by atoms with Crippen molar-refractivity contribution in [1.82, 2.24) is 5.32 Å². The normalized spacial score (nSPS) is 22.1. The summed E-state index contributed by atoms with van der Waals surface area (Å²) in [6, 6.07) is 3.28. The molecule has 19 heavy (non-hydrogen) atoms. The zero-order valence-electron chi connectivity index (χ0n) is 11.2. The van der Waals surface area contributed by atoms with Crippen LogP contribution in [0.15, 0.2) is 12.1 Å². The number of carbonyl (C=O) groups excluding carboxylic acids is 1. The van der Waals surface area contributed by atoms with Gasteiger partial charge in [0.2, 0.25) is 6.79 Å². The van der Waals surface area contributed by atoms with Crippen molar-refractivity contribution in [2.24, 2.45) is 11.3 Å². The number of hydrogen-bond donors (Lipinski definition) is 2. The zero-order valence-corrected chi connectivity index (χ0v) is 11.2. The van der Waals surface area contributed by atoms with Gasteiger partial charge in [0, 0.05) is 18.3 Å². The van der Waals surface area contributed by atoms with Gasteiger partial charge in [-0.2, -0.15) is 0 Å². The van der Waals surface area contributed by atoms with Crippen molar-refractivity contribution in [2.75, 3.05) is 19.1 Å². The van der Waals surface area contributed by atoms with E-state index in [1.165, 1.54) is 0 Å². The smallest absolute Gasteiger partial charge is 0.253 e. The molecule has 0 saturated heterocycles. The SMILES string of the molecule is CC1(C)CC1CNC(=O)c1cc2c(cc1N)OCO2. The van der Waals surface area contributed by atoms with Crippen LogP contribution in [0.1, 0.15) is 30.6 Å². The van der Waals surface area contributed by atoms with Gasteiger partial charge in [-0.25, -0.2) is 0 Å². The van der Waals surface area contributed by atoms with Crippen molar-refractivity contribution in [2.45, 2.75) is 20.3 Å². The molecule has 0 aromatic heterocycles. The van der Waals surface area contributed by atoms with E-state index in [-0.39, 0.29) is 12.7 Å². The largest absolute Gasteiger partial charge is 0.454 e. The Kier molecular flexibility index (Phi) is 2.59. The predicted octanol–water partition coefficient (Wildman–Crippen LogP) is 1.77. The van der Waals surface area contributed by atoms with Crippen LogP contribution in [0.4, 0.5) is 5.69 Å². The predicted molar refractivity (Wildman–Crippen MR) is 71.2 cm³/mol. The molecular formula is C14H18N2O3. The highest BCUT2D eigenvalue weighted by Crippen LogP contribution is 2.51. The minimum atomic E-state index is -0.154. The number of hydrogen-bond acceptors (Lipinski definition) is 4. The highest BCUT2D eigenvalue weighted by Gasteiger charge is 2.45. The van der Waals surface area contributed by atoms with Crippen molar-refractivity contribution in [1.29, 1.82) is 0 Å². The first-order valence-corrected chi connectivity index (χ1v) is 6.45. The Hall–Kier alpha value is -1.91. The molecule has 102 valence electrons. The molecule has 1 amide bonds. The fourth-order valence-electron chi connectivity index (χ4n) is 2.39. The Labute approximate surface area is 112 Å². The van der Waals surface area contributed by atoms with Crippen molar-refractivity contribution >= 4 is 11.6 Å². The molecule has 3 N–H and O–H groups in total. The lowest BCUT2D eigenvalue weighted by Crippen LogP contribution is -2.27. The molecule has 1 saturated carbocycles. The fraction of sp³-hybridized carbons (Fsp3) is 0.500. The molecule has 1 unspecified atom stereocenters. The maximum Gasteiger partial charge on any atom is 0.253 e. The zero-order chi connectivity index (χ0) is 13.6. The molecule has 0 radical (unpaired) electrons. The van der Waals surface area contributed by atoms with E-state index in [0.717, 1.165) is 6.42 Å². The Balaban J connectivity index is 1.70. The van der Waals surface area contributed by atoms with Gasteiger partial charge in [-0.05, 0) is 23.8 Å². The first-order chi connectivity index (χ1) is 8.97. The molecule has 1 aliphatic heterocycles. The summed E-state index contributed by atoms with van der Waals surface area (Å²) in [6.07, 6.45) is 1.16. The molecule has 1 aromatic carbocycles. The van der Waals surface area contributed by atoms with E-state index in [4.69, 9.17) is 15.2 Å². The molecule has 1 heterocycles. The summed E-state index contributed by atoms with van der Waals surface area (Å²) < 4.78 is 10.5. The quantitative estimate of drug-likeness (QED) is 0.814. The van der Waals surface area contributed by atoms with Gasteiger partial charge in [-0.15, -0.1) is 0 Å². The van der Waals surface area contributed by atoms with Gasteiger partial charge in [0.05, 0.1) is 5.56 Å². The minimum absolute atomic E-state index is 0.154. The third-order valence-electron chi connectivity index (χ3n) is 4.02. The molecule has 5 nitrogen and oxygen atoms in total. The molecule has 1 fully saturated rings. The maximum absolute atomic E-state index is 12.1. The van der Waals surface area contributed by atoms with Gasteiger partial charge in [0.15, 0.2) is 11.5 Å². The summed E-state index contributed by atoms with van der Waals surface area (Å²) in [5, 5.41) is 2.93. The third-order valence-corrected chi connectivity index (χ3v) is 4.02. The monoisotopic (exact) mass is 262 g/mol. The molecule has 0 bridgehead atoms. The van der Waals surface area contributed by atoms with Crippen LogP contribution in [0, 0.1) is 11.3 Å². The summed E-state index contributed by atoms with van der Waals surface area (Å²) in [7, 11) is 0. The van der Waals surface area contributed by atoms with Crippen molar-refractivity contribution in [3.05, 3.63) is 17.7 Å². The van der Waals surface area contributed by atoms with Crippen molar-refractivity contribution < 1.29 is 14.3 Å². The van der Waals surface area contributed by atoms with Crippen LogP contribution >= 0.6 is 0 Å². The minimum Gasteiger partial charge on any atom is -0.454 e. The van der Waals surface area contributed by atoms with Crippen molar-refractivity contribution in [3.8, 4) is 11.5 Å². The van der Waals surface area contributed by atoms with E-state index >= 15 is 0 Å². The van der Waals surface area contributed by atoms with Gasteiger partial charge in [0.1, 0.15) is 0 Å². The van der Waals surface area contributed by atoms with E-state index in [9.17, 15) is 4.79 Å². The highest BCUT2D eigenvalue weighted by molar-refractivity contribution is 6.00. The first kappa shape index (κ1) is 12.1.